The molecule has 8 nitrogen and oxygen atoms in total. The van der Waals surface area contributed by atoms with Crippen LogP contribution in [-0.2, 0) is 11.3 Å². The molecule has 0 aliphatic heterocycles. The average molecular weight is 535 g/mol. The normalized spacial score (nSPS) is 11.1. The summed E-state index contributed by atoms with van der Waals surface area (Å²) in [7, 11) is 1.72. The van der Waals surface area contributed by atoms with Crippen molar-refractivity contribution in [3.63, 3.8) is 0 Å². The maximum atomic E-state index is 12.1. The number of amides is 1. The number of hydrogen-bond donors (Lipinski definition) is 3. The molecule has 9 heteroatoms. The second-order valence-electron chi connectivity index (χ2n) is 7.04. The number of carbonyl (C=O) groups excluding carboxylic acids is 1. The summed E-state index contributed by atoms with van der Waals surface area (Å²) in [4.78, 5) is 25.2. The number of aryl methyl sites for hydroxylation is 3. The number of benzene rings is 1. The van der Waals surface area contributed by atoms with Gasteiger partial charge in [-0.2, -0.15) is 0 Å². The summed E-state index contributed by atoms with van der Waals surface area (Å²) >= 11 is 0. The summed E-state index contributed by atoms with van der Waals surface area (Å²) in [5, 5.41) is 9.27. The van der Waals surface area contributed by atoms with E-state index in [0.717, 1.165) is 42.1 Å². The Bertz CT molecular complexity index is 1030. The molecule has 1 aromatic carbocycles. The van der Waals surface area contributed by atoms with Crippen LogP contribution in [0.25, 0.3) is 11.0 Å². The van der Waals surface area contributed by atoms with E-state index in [0.29, 0.717) is 24.7 Å². The molecule has 3 aromatic rings. The SMILES string of the molecule is CN=C(NCCCn1c(C)nc2ccccc21)NCCC(=O)Nc1cccc(C)n1.I. The number of aliphatic imine (C=N–C) groups is 1. The monoisotopic (exact) mass is 535 g/mol. The number of aromatic nitrogens is 3. The molecule has 0 bridgehead atoms. The molecular formula is C22H30IN7O. The molecule has 0 aliphatic carbocycles. The maximum Gasteiger partial charge on any atom is 0.227 e. The minimum Gasteiger partial charge on any atom is -0.356 e. The van der Waals surface area contributed by atoms with Crippen molar-refractivity contribution < 1.29 is 4.79 Å². The lowest BCUT2D eigenvalue weighted by atomic mass is 10.3. The zero-order chi connectivity index (χ0) is 21.3. The first-order chi connectivity index (χ1) is 14.6. The summed E-state index contributed by atoms with van der Waals surface area (Å²) < 4.78 is 2.23. The quantitative estimate of drug-likeness (QED) is 0.178. The molecule has 0 radical (unpaired) electrons. The fourth-order valence-electron chi connectivity index (χ4n) is 3.26. The van der Waals surface area contributed by atoms with E-state index in [1.165, 1.54) is 0 Å². The van der Waals surface area contributed by atoms with Gasteiger partial charge in [0, 0.05) is 38.8 Å². The van der Waals surface area contributed by atoms with Crippen LogP contribution in [0.2, 0.25) is 0 Å². The van der Waals surface area contributed by atoms with Gasteiger partial charge in [0.15, 0.2) is 5.96 Å². The van der Waals surface area contributed by atoms with Gasteiger partial charge in [0.2, 0.25) is 5.91 Å². The van der Waals surface area contributed by atoms with Crippen molar-refractivity contribution in [1.29, 1.82) is 0 Å². The van der Waals surface area contributed by atoms with Crippen LogP contribution in [0.5, 0.6) is 0 Å². The van der Waals surface area contributed by atoms with E-state index in [9.17, 15) is 4.79 Å². The maximum absolute atomic E-state index is 12.1. The van der Waals surface area contributed by atoms with E-state index in [2.05, 4.69) is 41.5 Å². The Labute approximate surface area is 200 Å². The topological polar surface area (TPSA) is 96.2 Å². The summed E-state index contributed by atoms with van der Waals surface area (Å²) in [5.41, 5.74) is 3.06. The Morgan fingerprint density at radius 1 is 1.03 bits per heavy atom. The lowest BCUT2D eigenvalue weighted by Crippen LogP contribution is -2.39. The fraction of sp³-hybridized carbons (Fsp3) is 0.364. The minimum atomic E-state index is -0.0847. The average Bonchev–Trinajstić information content (AvgIpc) is 3.05. The highest BCUT2D eigenvalue weighted by molar-refractivity contribution is 14.0. The number of nitrogens with zero attached hydrogens (tertiary/aromatic N) is 4. The summed E-state index contributed by atoms with van der Waals surface area (Å²) in [6.45, 7) is 6.06. The van der Waals surface area contributed by atoms with Gasteiger partial charge in [-0.15, -0.1) is 24.0 Å². The van der Waals surface area contributed by atoms with Gasteiger partial charge in [-0.25, -0.2) is 9.97 Å². The molecule has 3 rings (SSSR count). The van der Waals surface area contributed by atoms with Gasteiger partial charge in [0.25, 0.3) is 0 Å². The zero-order valence-corrected chi connectivity index (χ0v) is 20.5. The standard InChI is InChI=1S/C22H29N7O.HI/c1-16-8-6-11-20(26-16)28-21(30)12-14-25-22(23-3)24-13-7-15-29-17(2)27-18-9-4-5-10-19(18)29;/h4-6,8-11H,7,12-15H2,1-3H3,(H2,23,24,25)(H,26,28,30);1H. The number of imidazole rings is 1. The highest BCUT2D eigenvalue weighted by atomic mass is 127. The highest BCUT2D eigenvalue weighted by Gasteiger charge is 2.07. The van der Waals surface area contributed by atoms with E-state index in [1.54, 1.807) is 13.1 Å². The number of carbonyl (C=O) groups is 1. The Kier molecular flexibility index (Phi) is 9.70. The third-order valence-electron chi connectivity index (χ3n) is 4.72. The first kappa shape index (κ1) is 24.6. The number of hydrogen-bond acceptors (Lipinski definition) is 4. The van der Waals surface area contributed by atoms with Gasteiger partial charge in [-0.3, -0.25) is 9.79 Å². The Morgan fingerprint density at radius 2 is 1.81 bits per heavy atom. The van der Waals surface area contributed by atoms with Crippen molar-refractivity contribution in [3.05, 3.63) is 54.0 Å². The minimum absolute atomic E-state index is 0. The molecule has 3 N–H and O–H groups in total. The lowest BCUT2D eigenvalue weighted by molar-refractivity contribution is -0.116. The second kappa shape index (κ2) is 12.2. The first-order valence-corrected chi connectivity index (χ1v) is 10.2. The number of guanidine groups is 1. The second-order valence-corrected chi connectivity index (χ2v) is 7.04. The van der Waals surface area contributed by atoms with E-state index in [-0.39, 0.29) is 29.9 Å². The van der Waals surface area contributed by atoms with Crippen molar-refractivity contribution in [1.82, 2.24) is 25.2 Å². The number of para-hydroxylation sites is 2. The van der Waals surface area contributed by atoms with Crippen LogP contribution < -0.4 is 16.0 Å². The van der Waals surface area contributed by atoms with E-state index >= 15 is 0 Å². The Hall–Kier alpha value is -2.69. The highest BCUT2D eigenvalue weighted by Crippen LogP contribution is 2.15. The molecule has 31 heavy (non-hydrogen) atoms. The molecule has 0 spiro atoms. The van der Waals surface area contributed by atoms with Crippen molar-refractivity contribution in [2.24, 2.45) is 4.99 Å². The molecule has 0 atom stereocenters. The fourth-order valence-corrected chi connectivity index (χ4v) is 3.26. The molecule has 166 valence electrons. The van der Waals surface area contributed by atoms with Crippen LogP contribution in [0.3, 0.4) is 0 Å². The molecule has 0 unspecified atom stereocenters. The van der Waals surface area contributed by atoms with Gasteiger partial charge in [-0.1, -0.05) is 18.2 Å². The zero-order valence-electron chi connectivity index (χ0n) is 18.2. The van der Waals surface area contributed by atoms with E-state index in [1.807, 2.05) is 44.2 Å². The molecule has 2 heterocycles. The Morgan fingerprint density at radius 3 is 2.58 bits per heavy atom. The van der Waals surface area contributed by atoms with Crippen LogP contribution in [0.1, 0.15) is 24.4 Å². The van der Waals surface area contributed by atoms with Gasteiger partial charge >= 0.3 is 0 Å². The van der Waals surface area contributed by atoms with Crippen molar-refractivity contribution >= 4 is 52.7 Å². The molecule has 0 aliphatic rings. The van der Waals surface area contributed by atoms with Crippen molar-refractivity contribution in [3.8, 4) is 0 Å². The van der Waals surface area contributed by atoms with E-state index < -0.39 is 0 Å². The summed E-state index contributed by atoms with van der Waals surface area (Å²) in [6, 6.07) is 13.7. The van der Waals surface area contributed by atoms with Gasteiger partial charge in [0.1, 0.15) is 11.6 Å². The molecule has 0 saturated carbocycles. The summed E-state index contributed by atoms with van der Waals surface area (Å²) in [6.07, 6.45) is 1.26. The summed E-state index contributed by atoms with van der Waals surface area (Å²) in [5.74, 6) is 2.19. The predicted octanol–water partition coefficient (Wildman–Crippen LogP) is 3.25. The number of anilines is 1. The molecule has 0 fully saturated rings. The first-order valence-electron chi connectivity index (χ1n) is 10.2. The van der Waals surface area contributed by atoms with E-state index in [4.69, 9.17) is 0 Å². The van der Waals surface area contributed by atoms with Crippen LogP contribution in [0.4, 0.5) is 5.82 Å². The van der Waals surface area contributed by atoms with Gasteiger partial charge in [0.05, 0.1) is 11.0 Å². The van der Waals surface area contributed by atoms with Crippen LogP contribution in [0.15, 0.2) is 47.5 Å². The third kappa shape index (κ3) is 7.20. The number of rotatable bonds is 8. The van der Waals surface area contributed by atoms with Crippen LogP contribution in [-0.4, -0.2) is 46.5 Å². The lowest BCUT2D eigenvalue weighted by Gasteiger charge is -2.12. The predicted molar refractivity (Wildman–Crippen MR) is 136 cm³/mol. The van der Waals surface area contributed by atoms with Crippen LogP contribution in [0, 0.1) is 13.8 Å². The Balaban J connectivity index is 0.00000341. The number of nitrogens with one attached hydrogen (secondary N) is 3. The van der Waals surface area contributed by atoms with Crippen molar-refractivity contribution in [2.45, 2.75) is 33.2 Å². The van der Waals surface area contributed by atoms with Gasteiger partial charge in [-0.05, 0) is 44.5 Å². The largest absolute Gasteiger partial charge is 0.356 e. The van der Waals surface area contributed by atoms with Gasteiger partial charge < -0.3 is 20.5 Å². The molecule has 0 saturated heterocycles. The van der Waals surface area contributed by atoms with Crippen LogP contribution >= 0.6 is 24.0 Å². The molecule has 2 aromatic heterocycles. The number of pyridine rings is 1. The smallest absolute Gasteiger partial charge is 0.227 e. The number of halogens is 1. The molecule has 1 amide bonds. The number of fused-ring (bicyclic) bond motifs is 1. The molecular weight excluding hydrogens is 505 g/mol. The van der Waals surface area contributed by atoms with Crippen molar-refractivity contribution in [2.75, 3.05) is 25.5 Å². The third-order valence-corrected chi connectivity index (χ3v) is 4.72.